The fourth-order valence-electron chi connectivity index (χ4n) is 2.43. The predicted octanol–water partition coefficient (Wildman–Crippen LogP) is 3.68. The Morgan fingerprint density at radius 3 is 2.62 bits per heavy atom. The molecule has 0 bridgehead atoms. The van der Waals surface area contributed by atoms with Crippen molar-refractivity contribution in [2.75, 3.05) is 0 Å². The lowest BCUT2D eigenvalue weighted by Gasteiger charge is -2.05. The van der Waals surface area contributed by atoms with Crippen molar-refractivity contribution < 1.29 is 4.79 Å². The standard InChI is InChI=1S/C19H19N3OS/c1-13-6-8-15(9-7-13)19-17(24-14(2)22-19)11-18(23)21-12-16-5-3-4-10-20-16/h3-10H,11-12H2,1-2H3,(H,21,23). The highest BCUT2D eigenvalue weighted by atomic mass is 32.1. The molecule has 1 N–H and O–H groups in total. The predicted molar refractivity (Wildman–Crippen MR) is 96.8 cm³/mol. The van der Waals surface area contributed by atoms with Gasteiger partial charge in [-0.05, 0) is 26.0 Å². The van der Waals surface area contributed by atoms with Crippen LogP contribution in [0.2, 0.25) is 0 Å². The fourth-order valence-corrected chi connectivity index (χ4v) is 3.38. The SMILES string of the molecule is Cc1ccc(-c2nc(C)sc2CC(=O)NCc2ccccn2)cc1. The molecule has 1 amide bonds. The summed E-state index contributed by atoms with van der Waals surface area (Å²) in [5.41, 5.74) is 4.02. The second-order valence-electron chi connectivity index (χ2n) is 5.65. The average molecular weight is 337 g/mol. The molecule has 0 aliphatic rings. The van der Waals surface area contributed by atoms with Gasteiger partial charge in [0.05, 0.1) is 29.4 Å². The van der Waals surface area contributed by atoms with Crippen molar-refractivity contribution in [1.82, 2.24) is 15.3 Å². The third-order valence-corrected chi connectivity index (χ3v) is 4.61. The van der Waals surface area contributed by atoms with Crippen molar-refractivity contribution in [2.45, 2.75) is 26.8 Å². The fraction of sp³-hybridized carbons (Fsp3) is 0.211. The summed E-state index contributed by atoms with van der Waals surface area (Å²) in [7, 11) is 0. The Bertz CT molecular complexity index is 826. The van der Waals surface area contributed by atoms with E-state index in [-0.39, 0.29) is 5.91 Å². The molecule has 24 heavy (non-hydrogen) atoms. The van der Waals surface area contributed by atoms with Gasteiger partial charge in [0.25, 0.3) is 0 Å². The van der Waals surface area contributed by atoms with E-state index in [1.165, 1.54) is 5.56 Å². The molecular weight excluding hydrogens is 318 g/mol. The number of rotatable bonds is 5. The summed E-state index contributed by atoms with van der Waals surface area (Å²) in [5.74, 6) is -0.0161. The van der Waals surface area contributed by atoms with Crippen LogP contribution in [0.3, 0.4) is 0 Å². The number of nitrogens with zero attached hydrogens (tertiary/aromatic N) is 2. The highest BCUT2D eigenvalue weighted by molar-refractivity contribution is 7.12. The first-order chi connectivity index (χ1) is 11.6. The van der Waals surface area contributed by atoms with Gasteiger partial charge < -0.3 is 5.32 Å². The summed E-state index contributed by atoms with van der Waals surface area (Å²) in [6, 6.07) is 13.9. The summed E-state index contributed by atoms with van der Waals surface area (Å²) in [6.45, 7) is 4.47. The molecule has 0 unspecified atom stereocenters. The van der Waals surface area contributed by atoms with E-state index in [1.54, 1.807) is 17.5 Å². The van der Waals surface area contributed by atoms with Gasteiger partial charge in [0.2, 0.25) is 5.91 Å². The normalized spacial score (nSPS) is 10.6. The van der Waals surface area contributed by atoms with Gasteiger partial charge >= 0.3 is 0 Å². The van der Waals surface area contributed by atoms with Gasteiger partial charge in [0.1, 0.15) is 0 Å². The first-order valence-electron chi connectivity index (χ1n) is 7.82. The van der Waals surface area contributed by atoms with E-state index in [0.29, 0.717) is 13.0 Å². The third-order valence-electron chi connectivity index (χ3n) is 3.64. The first kappa shape index (κ1) is 16.3. The maximum Gasteiger partial charge on any atom is 0.225 e. The number of aryl methyl sites for hydroxylation is 2. The molecule has 2 aromatic heterocycles. The Morgan fingerprint density at radius 2 is 1.92 bits per heavy atom. The molecular formula is C19H19N3OS. The molecule has 0 atom stereocenters. The number of carbonyl (C=O) groups excluding carboxylic acids is 1. The van der Waals surface area contributed by atoms with Crippen molar-refractivity contribution >= 4 is 17.2 Å². The van der Waals surface area contributed by atoms with Crippen molar-refractivity contribution in [3.05, 3.63) is 69.8 Å². The zero-order chi connectivity index (χ0) is 16.9. The minimum absolute atomic E-state index is 0.0161. The molecule has 0 radical (unpaired) electrons. The topological polar surface area (TPSA) is 54.9 Å². The Hall–Kier alpha value is -2.53. The van der Waals surface area contributed by atoms with Crippen molar-refractivity contribution in [2.24, 2.45) is 0 Å². The van der Waals surface area contributed by atoms with Gasteiger partial charge in [0.15, 0.2) is 0 Å². The monoisotopic (exact) mass is 337 g/mol. The smallest absolute Gasteiger partial charge is 0.225 e. The molecule has 0 aliphatic heterocycles. The van der Waals surface area contributed by atoms with Gasteiger partial charge in [-0.2, -0.15) is 0 Å². The van der Waals surface area contributed by atoms with Crippen LogP contribution in [-0.4, -0.2) is 15.9 Å². The van der Waals surface area contributed by atoms with E-state index in [0.717, 1.165) is 26.8 Å². The van der Waals surface area contributed by atoms with Crippen molar-refractivity contribution in [3.63, 3.8) is 0 Å². The van der Waals surface area contributed by atoms with Crippen LogP contribution >= 0.6 is 11.3 Å². The zero-order valence-electron chi connectivity index (χ0n) is 13.7. The van der Waals surface area contributed by atoms with Gasteiger partial charge in [-0.25, -0.2) is 4.98 Å². The second kappa shape index (κ2) is 7.36. The van der Waals surface area contributed by atoms with Crippen LogP contribution in [0.25, 0.3) is 11.3 Å². The first-order valence-corrected chi connectivity index (χ1v) is 8.63. The van der Waals surface area contributed by atoms with E-state index in [4.69, 9.17) is 0 Å². The highest BCUT2D eigenvalue weighted by Gasteiger charge is 2.14. The summed E-state index contributed by atoms with van der Waals surface area (Å²) in [4.78, 5) is 22.1. The molecule has 0 spiro atoms. The largest absolute Gasteiger partial charge is 0.350 e. The Labute approximate surface area is 145 Å². The maximum atomic E-state index is 12.3. The second-order valence-corrected chi connectivity index (χ2v) is 6.93. The van der Waals surface area contributed by atoms with Crippen LogP contribution in [0.1, 0.15) is 21.1 Å². The minimum Gasteiger partial charge on any atom is -0.350 e. The minimum atomic E-state index is -0.0161. The molecule has 0 fully saturated rings. The average Bonchev–Trinajstić information content (AvgIpc) is 2.95. The van der Waals surface area contributed by atoms with Crippen LogP contribution in [0.5, 0.6) is 0 Å². The number of hydrogen-bond donors (Lipinski definition) is 1. The Kier molecular flexibility index (Phi) is 5.01. The molecule has 3 aromatic rings. The van der Waals surface area contributed by atoms with E-state index >= 15 is 0 Å². The Morgan fingerprint density at radius 1 is 1.12 bits per heavy atom. The number of thiazole rings is 1. The maximum absolute atomic E-state index is 12.3. The van der Waals surface area contributed by atoms with Crippen LogP contribution in [0, 0.1) is 13.8 Å². The summed E-state index contributed by atoms with van der Waals surface area (Å²) >= 11 is 1.58. The lowest BCUT2D eigenvalue weighted by atomic mass is 10.1. The number of amides is 1. The molecule has 5 heteroatoms. The van der Waals surface area contributed by atoms with Crippen LogP contribution in [-0.2, 0) is 17.8 Å². The van der Waals surface area contributed by atoms with Crippen molar-refractivity contribution in [1.29, 1.82) is 0 Å². The summed E-state index contributed by atoms with van der Waals surface area (Å²) in [5, 5.41) is 3.89. The molecule has 0 aliphatic carbocycles. The molecule has 0 saturated carbocycles. The zero-order valence-corrected chi connectivity index (χ0v) is 14.6. The van der Waals surface area contributed by atoms with E-state index < -0.39 is 0 Å². The van der Waals surface area contributed by atoms with Gasteiger partial charge in [-0.15, -0.1) is 11.3 Å². The van der Waals surface area contributed by atoms with Crippen LogP contribution < -0.4 is 5.32 Å². The number of aromatic nitrogens is 2. The molecule has 2 heterocycles. The molecule has 122 valence electrons. The molecule has 1 aromatic carbocycles. The molecule has 4 nitrogen and oxygen atoms in total. The van der Waals surface area contributed by atoms with E-state index in [9.17, 15) is 4.79 Å². The Balaban J connectivity index is 1.71. The van der Waals surface area contributed by atoms with Crippen LogP contribution in [0.4, 0.5) is 0 Å². The third kappa shape index (κ3) is 4.06. The quantitative estimate of drug-likeness (QED) is 0.773. The number of carbonyl (C=O) groups is 1. The summed E-state index contributed by atoms with van der Waals surface area (Å²) in [6.07, 6.45) is 2.06. The lowest BCUT2D eigenvalue weighted by Crippen LogP contribution is -2.24. The summed E-state index contributed by atoms with van der Waals surface area (Å²) < 4.78 is 0. The van der Waals surface area contributed by atoms with Gasteiger partial charge in [-0.3, -0.25) is 9.78 Å². The molecule has 0 saturated heterocycles. The van der Waals surface area contributed by atoms with E-state index in [2.05, 4.69) is 46.5 Å². The number of pyridine rings is 1. The van der Waals surface area contributed by atoms with Gasteiger partial charge in [-0.1, -0.05) is 35.9 Å². The van der Waals surface area contributed by atoms with E-state index in [1.807, 2.05) is 25.1 Å². The van der Waals surface area contributed by atoms with Crippen LogP contribution in [0.15, 0.2) is 48.7 Å². The van der Waals surface area contributed by atoms with Crippen molar-refractivity contribution in [3.8, 4) is 11.3 Å². The number of benzene rings is 1. The highest BCUT2D eigenvalue weighted by Crippen LogP contribution is 2.28. The lowest BCUT2D eigenvalue weighted by molar-refractivity contribution is -0.120. The number of nitrogens with one attached hydrogen (secondary N) is 1. The molecule has 3 rings (SSSR count). The van der Waals surface area contributed by atoms with Gasteiger partial charge in [0, 0.05) is 16.6 Å². The number of hydrogen-bond acceptors (Lipinski definition) is 4.